The van der Waals surface area contributed by atoms with Crippen molar-refractivity contribution in [1.29, 1.82) is 0 Å². The Morgan fingerprint density at radius 2 is 1.48 bits per heavy atom. The molecule has 0 fully saturated rings. The number of aliphatic carboxylic acids is 1. The van der Waals surface area contributed by atoms with Crippen LogP contribution in [0.15, 0.2) is 12.2 Å². The lowest BCUT2D eigenvalue weighted by Gasteiger charge is -2.08. The van der Waals surface area contributed by atoms with Gasteiger partial charge in [-0.25, -0.2) is 0 Å². The third-order valence-electron chi connectivity index (χ3n) is 4.06. The second-order valence-electron chi connectivity index (χ2n) is 6.35. The van der Waals surface area contributed by atoms with Crippen LogP contribution in [0.4, 0.5) is 0 Å². The molecule has 0 bridgehead atoms. The molecule has 1 N–H and O–H groups in total. The normalized spacial score (nSPS) is 12.9. The molecule has 0 saturated heterocycles. The molecule has 0 aromatic heterocycles. The quantitative estimate of drug-likeness (QED) is 0.282. The summed E-state index contributed by atoms with van der Waals surface area (Å²) < 4.78 is 0. The van der Waals surface area contributed by atoms with E-state index in [4.69, 9.17) is 5.11 Å². The molecule has 0 saturated carbocycles. The highest BCUT2D eigenvalue weighted by molar-refractivity contribution is 5.66. The maximum absolute atomic E-state index is 10.5. The number of rotatable bonds is 15. The maximum Gasteiger partial charge on any atom is 0.303 e. The number of carboxylic acid groups (broad SMARTS) is 1. The van der Waals surface area contributed by atoms with Crippen LogP contribution in [0.2, 0.25) is 0 Å². The van der Waals surface area contributed by atoms with Crippen LogP contribution >= 0.6 is 0 Å². The lowest BCUT2D eigenvalue weighted by molar-refractivity contribution is -0.137. The minimum absolute atomic E-state index is 0.319. The van der Waals surface area contributed by atoms with Gasteiger partial charge in [-0.15, -0.1) is 0 Å². The van der Waals surface area contributed by atoms with Gasteiger partial charge in [-0.1, -0.05) is 70.9 Å². The van der Waals surface area contributed by atoms with Crippen LogP contribution < -0.4 is 0 Å². The lowest BCUT2D eigenvalue weighted by atomic mass is 9.98. The van der Waals surface area contributed by atoms with Gasteiger partial charge in [-0.05, 0) is 38.0 Å². The van der Waals surface area contributed by atoms with E-state index in [1.807, 2.05) is 0 Å². The molecule has 0 aliphatic rings. The number of carbonyl (C=O) groups is 1. The molecule has 1 unspecified atom stereocenters. The largest absolute Gasteiger partial charge is 0.481 e. The van der Waals surface area contributed by atoms with Gasteiger partial charge < -0.3 is 5.11 Å². The highest BCUT2D eigenvalue weighted by Crippen LogP contribution is 2.15. The first-order valence-electron chi connectivity index (χ1n) is 9.03. The van der Waals surface area contributed by atoms with E-state index < -0.39 is 5.97 Å². The fourth-order valence-electron chi connectivity index (χ4n) is 2.55. The van der Waals surface area contributed by atoms with Gasteiger partial charge in [-0.2, -0.15) is 0 Å². The molecular formula is C19H36O2. The molecule has 0 radical (unpaired) electrons. The van der Waals surface area contributed by atoms with Gasteiger partial charge >= 0.3 is 5.97 Å². The Balaban J connectivity index is 3.23. The average Bonchev–Trinajstić information content (AvgIpc) is 2.46. The van der Waals surface area contributed by atoms with Crippen molar-refractivity contribution in [3.8, 4) is 0 Å². The Kier molecular flexibility index (Phi) is 15.0. The van der Waals surface area contributed by atoms with E-state index >= 15 is 0 Å². The Labute approximate surface area is 132 Å². The van der Waals surface area contributed by atoms with Crippen molar-refractivity contribution in [3.63, 3.8) is 0 Å². The number of carboxylic acids is 1. The topological polar surface area (TPSA) is 37.3 Å². The first kappa shape index (κ1) is 20.2. The van der Waals surface area contributed by atoms with Crippen LogP contribution in [0.1, 0.15) is 97.3 Å². The zero-order chi connectivity index (χ0) is 15.8. The van der Waals surface area contributed by atoms with Crippen molar-refractivity contribution >= 4 is 5.97 Å². The van der Waals surface area contributed by atoms with Crippen LogP contribution in [0.3, 0.4) is 0 Å². The molecule has 0 amide bonds. The molecule has 124 valence electrons. The first-order chi connectivity index (χ1) is 10.2. The summed E-state index contributed by atoms with van der Waals surface area (Å²) in [5, 5.41) is 8.63. The van der Waals surface area contributed by atoms with Gasteiger partial charge in [0.2, 0.25) is 0 Å². The Hall–Kier alpha value is -0.790. The van der Waals surface area contributed by atoms with Gasteiger partial charge in [0.1, 0.15) is 0 Å². The Morgan fingerprint density at radius 1 is 0.905 bits per heavy atom. The first-order valence-corrected chi connectivity index (χ1v) is 9.03. The van der Waals surface area contributed by atoms with Crippen molar-refractivity contribution in [3.05, 3.63) is 12.2 Å². The van der Waals surface area contributed by atoms with E-state index in [2.05, 4.69) is 26.0 Å². The molecule has 0 aromatic rings. The van der Waals surface area contributed by atoms with E-state index in [1.165, 1.54) is 70.6 Å². The number of allylic oxidation sites excluding steroid dienone is 2. The molecule has 2 nitrogen and oxygen atoms in total. The Bertz CT molecular complexity index is 258. The molecule has 0 rings (SSSR count). The van der Waals surface area contributed by atoms with E-state index in [1.54, 1.807) is 0 Å². The van der Waals surface area contributed by atoms with Crippen molar-refractivity contribution < 1.29 is 9.90 Å². The molecule has 0 aliphatic carbocycles. The molecule has 0 heterocycles. The van der Waals surface area contributed by atoms with Crippen LogP contribution in [-0.4, -0.2) is 11.1 Å². The summed E-state index contributed by atoms with van der Waals surface area (Å²) in [5.41, 5.74) is 0. The SMILES string of the molecule is CCCCCCCC/C=C\CCCCC(C)CCC(=O)O. The molecule has 0 aliphatic heterocycles. The smallest absolute Gasteiger partial charge is 0.303 e. The van der Waals surface area contributed by atoms with Crippen LogP contribution in [0.5, 0.6) is 0 Å². The Morgan fingerprint density at radius 3 is 2.10 bits per heavy atom. The minimum atomic E-state index is -0.667. The predicted molar refractivity (Wildman–Crippen MR) is 91.6 cm³/mol. The van der Waals surface area contributed by atoms with Crippen molar-refractivity contribution in [2.45, 2.75) is 97.3 Å². The molecule has 0 spiro atoms. The summed E-state index contributed by atoms with van der Waals surface area (Å²) >= 11 is 0. The number of hydrogen-bond donors (Lipinski definition) is 1. The van der Waals surface area contributed by atoms with Gasteiger partial charge in [0.25, 0.3) is 0 Å². The molecule has 2 heteroatoms. The number of hydrogen-bond acceptors (Lipinski definition) is 1. The highest BCUT2D eigenvalue weighted by Gasteiger charge is 2.04. The second kappa shape index (κ2) is 15.6. The van der Waals surface area contributed by atoms with Crippen LogP contribution in [-0.2, 0) is 4.79 Å². The minimum Gasteiger partial charge on any atom is -0.481 e. The zero-order valence-corrected chi connectivity index (χ0v) is 14.3. The predicted octanol–water partition coefficient (Wildman–Crippen LogP) is 6.35. The lowest BCUT2D eigenvalue weighted by Crippen LogP contribution is -2.00. The zero-order valence-electron chi connectivity index (χ0n) is 14.3. The van der Waals surface area contributed by atoms with Gasteiger partial charge in [0.15, 0.2) is 0 Å². The van der Waals surface area contributed by atoms with Gasteiger partial charge in [0, 0.05) is 6.42 Å². The summed E-state index contributed by atoms with van der Waals surface area (Å²) in [6, 6.07) is 0. The summed E-state index contributed by atoms with van der Waals surface area (Å²) in [6.45, 7) is 4.42. The van der Waals surface area contributed by atoms with Crippen LogP contribution in [0, 0.1) is 5.92 Å². The van der Waals surface area contributed by atoms with Gasteiger partial charge in [-0.3, -0.25) is 4.79 Å². The van der Waals surface area contributed by atoms with E-state index in [9.17, 15) is 4.79 Å². The third-order valence-corrected chi connectivity index (χ3v) is 4.06. The molecular weight excluding hydrogens is 260 g/mol. The van der Waals surface area contributed by atoms with E-state index in [0.717, 1.165) is 6.42 Å². The fraction of sp³-hybridized carbons (Fsp3) is 0.842. The molecule has 1 atom stereocenters. The molecule has 0 aromatic carbocycles. The summed E-state index contributed by atoms with van der Waals surface area (Å²) in [5.74, 6) is -0.118. The van der Waals surface area contributed by atoms with Crippen molar-refractivity contribution in [2.75, 3.05) is 0 Å². The number of unbranched alkanes of at least 4 members (excludes halogenated alkanes) is 8. The van der Waals surface area contributed by atoms with E-state index in [0.29, 0.717) is 12.3 Å². The van der Waals surface area contributed by atoms with Gasteiger partial charge in [0.05, 0.1) is 0 Å². The van der Waals surface area contributed by atoms with Crippen molar-refractivity contribution in [1.82, 2.24) is 0 Å². The summed E-state index contributed by atoms with van der Waals surface area (Å²) in [6.07, 6.45) is 20.1. The monoisotopic (exact) mass is 296 g/mol. The standard InChI is InChI=1S/C19H36O2/c1-3-4-5-6-7-8-9-10-11-12-13-14-15-18(2)16-17-19(20)21/h10-11,18H,3-9,12-17H2,1-2H3,(H,20,21)/b11-10-. The summed E-state index contributed by atoms with van der Waals surface area (Å²) in [7, 11) is 0. The third kappa shape index (κ3) is 17.2. The fourth-order valence-corrected chi connectivity index (χ4v) is 2.55. The van der Waals surface area contributed by atoms with Crippen LogP contribution in [0.25, 0.3) is 0 Å². The average molecular weight is 296 g/mol. The second-order valence-corrected chi connectivity index (χ2v) is 6.35. The van der Waals surface area contributed by atoms with Crippen molar-refractivity contribution in [2.24, 2.45) is 5.92 Å². The van der Waals surface area contributed by atoms with E-state index in [-0.39, 0.29) is 0 Å². The molecule has 21 heavy (non-hydrogen) atoms. The summed E-state index contributed by atoms with van der Waals surface area (Å²) in [4.78, 5) is 10.5. The highest BCUT2D eigenvalue weighted by atomic mass is 16.4. The maximum atomic E-state index is 10.5.